The van der Waals surface area contributed by atoms with Gasteiger partial charge in [-0.25, -0.2) is 14.8 Å². The third-order valence-corrected chi connectivity index (χ3v) is 4.30. The zero-order valence-corrected chi connectivity index (χ0v) is 14.2. The van der Waals surface area contributed by atoms with Crippen LogP contribution in [-0.2, 0) is 10.2 Å². The first-order valence-corrected chi connectivity index (χ1v) is 8.41. The second-order valence-electron chi connectivity index (χ2n) is 7.59. The molecule has 0 spiro atoms. The van der Waals surface area contributed by atoms with Crippen LogP contribution in [0, 0.1) is 5.92 Å². The van der Waals surface area contributed by atoms with Crippen LogP contribution in [0.15, 0.2) is 12.4 Å². The Morgan fingerprint density at radius 3 is 2.52 bits per heavy atom. The molecule has 126 valence electrons. The molecule has 1 saturated heterocycles. The van der Waals surface area contributed by atoms with E-state index in [0.29, 0.717) is 17.6 Å². The summed E-state index contributed by atoms with van der Waals surface area (Å²) in [5, 5.41) is 2.94. The molecule has 1 saturated carbocycles. The largest absolute Gasteiger partial charge is 0.381 e. The van der Waals surface area contributed by atoms with Crippen LogP contribution in [0.2, 0.25) is 0 Å². The summed E-state index contributed by atoms with van der Waals surface area (Å²) in [6.07, 6.45) is 6.62. The number of hydrogen-bond acceptors (Lipinski definition) is 4. The van der Waals surface area contributed by atoms with Crippen LogP contribution in [0.1, 0.15) is 45.9 Å². The standard InChI is InChI=1S/C17H26N4O2/c1-17(2,3)15-18-8-13(9-19-15)20-16(22)21(14-4-5-14)10-12-6-7-23-11-12/h8-9,12,14H,4-7,10-11H2,1-3H3,(H,20,22). The first-order chi connectivity index (χ1) is 10.9. The Morgan fingerprint density at radius 2 is 2.00 bits per heavy atom. The zero-order chi connectivity index (χ0) is 16.4. The van der Waals surface area contributed by atoms with Gasteiger partial charge in [-0.3, -0.25) is 0 Å². The molecule has 1 aromatic heterocycles. The Kier molecular flexibility index (Phi) is 4.53. The van der Waals surface area contributed by atoms with Gasteiger partial charge in [0.25, 0.3) is 0 Å². The highest BCUT2D eigenvalue weighted by Gasteiger charge is 2.35. The van der Waals surface area contributed by atoms with E-state index >= 15 is 0 Å². The SMILES string of the molecule is CC(C)(C)c1ncc(NC(=O)N(CC2CCOC2)C2CC2)cn1. The molecule has 23 heavy (non-hydrogen) atoms. The molecule has 6 nitrogen and oxygen atoms in total. The molecule has 3 rings (SSSR count). The molecule has 1 atom stereocenters. The van der Waals surface area contributed by atoms with Crippen LogP contribution in [-0.4, -0.2) is 46.7 Å². The van der Waals surface area contributed by atoms with Crippen molar-refractivity contribution in [3.8, 4) is 0 Å². The van der Waals surface area contributed by atoms with E-state index in [4.69, 9.17) is 4.74 Å². The average Bonchev–Trinajstić information content (AvgIpc) is 3.20. The van der Waals surface area contributed by atoms with Crippen molar-refractivity contribution in [3.05, 3.63) is 18.2 Å². The predicted octanol–water partition coefficient (Wildman–Crippen LogP) is 2.81. The Balaban J connectivity index is 1.62. The van der Waals surface area contributed by atoms with Gasteiger partial charge in [-0.2, -0.15) is 0 Å². The number of nitrogens with zero attached hydrogens (tertiary/aromatic N) is 3. The van der Waals surface area contributed by atoms with E-state index in [9.17, 15) is 4.79 Å². The Labute approximate surface area is 137 Å². The van der Waals surface area contributed by atoms with E-state index < -0.39 is 0 Å². The van der Waals surface area contributed by atoms with E-state index in [-0.39, 0.29) is 11.4 Å². The van der Waals surface area contributed by atoms with Crippen molar-refractivity contribution in [2.45, 2.75) is 51.5 Å². The molecule has 2 aliphatic rings. The lowest BCUT2D eigenvalue weighted by molar-refractivity contribution is 0.167. The average molecular weight is 318 g/mol. The minimum atomic E-state index is -0.0922. The quantitative estimate of drug-likeness (QED) is 0.927. The van der Waals surface area contributed by atoms with E-state index in [0.717, 1.165) is 44.8 Å². The van der Waals surface area contributed by atoms with Crippen molar-refractivity contribution in [1.29, 1.82) is 0 Å². The number of aromatic nitrogens is 2. The molecule has 1 unspecified atom stereocenters. The van der Waals surface area contributed by atoms with Crippen molar-refractivity contribution in [1.82, 2.24) is 14.9 Å². The Hall–Kier alpha value is -1.69. The number of hydrogen-bond donors (Lipinski definition) is 1. The number of urea groups is 1. The molecule has 1 aliphatic heterocycles. The molecule has 0 bridgehead atoms. The molecule has 1 aliphatic carbocycles. The number of anilines is 1. The van der Waals surface area contributed by atoms with Gasteiger partial charge < -0.3 is 15.0 Å². The van der Waals surface area contributed by atoms with E-state index in [1.807, 2.05) is 4.90 Å². The van der Waals surface area contributed by atoms with E-state index in [1.54, 1.807) is 12.4 Å². The van der Waals surface area contributed by atoms with Gasteiger partial charge in [-0.1, -0.05) is 20.8 Å². The highest BCUT2D eigenvalue weighted by Crippen LogP contribution is 2.29. The third-order valence-electron chi connectivity index (χ3n) is 4.30. The summed E-state index contributed by atoms with van der Waals surface area (Å²) in [7, 11) is 0. The zero-order valence-electron chi connectivity index (χ0n) is 14.2. The van der Waals surface area contributed by atoms with Crippen LogP contribution in [0.25, 0.3) is 0 Å². The van der Waals surface area contributed by atoms with Crippen LogP contribution >= 0.6 is 0 Å². The fourth-order valence-electron chi connectivity index (χ4n) is 2.76. The van der Waals surface area contributed by atoms with Crippen LogP contribution < -0.4 is 5.32 Å². The first-order valence-electron chi connectivity index (χ1n) is 8.41. The van der Waals surface area contributed by atoms with Gasteiger partial charge in [0.1, 0.15) is 5.82 Å². The molecule has 0 radical (unpaired) electrons. The number of ether oxygens (including phenoxy) is 1. The predicted molar refractivity (Wildman–Crippen MR) is 88.4 cm³/mol. The molecular weight excluding hydrogens is 292 g/mol. The Morgan fingerprint density at radius 1 is 1.30 bits per heavy atom. The monoisotopic (exact) mass is 318 g/mol. The second-order valence-corrected chi connectivity index (χ2v) is 7.59. The lowest BCUT2D eigenvalue weighted by Gasteiger charge is -2.25. The van der Waals surface area contributed by atoms with Crippen molar-refractivity contribution < 1.29 is 9.53 Å². The van der Waals surface area contributed by atoms with E-state index in [1.165, 1.54) is 0 Å². The van der Waals surface area contributed by atoms with Gasteiger partial charge in [0.2, 0.25) is 0 Å². The molecule has 2 amide bonds. The highest BCUT2D eigenvalue weighted by molar-refractivity contribution is 5.89. The van der Waals surface area contributed by atoms with Crippen molar-refractivity contribution >= 4 is 11.7 Å². The third kappa shape index (κ3) is 4.19. The molecule has 0 aromatic carbocycles. The van der Waals surface area contributed by atoms with Crippen LogP contribution in [0.5, 0.6) is 0 Å². The number of rotatable bonds is 4. The normalized spacial score (nSPS) is 21.3. The van der Waals surface area contributed by atoms with Gasteiger partial charge in [0.05, 0.1) is 24.7 Å². The molecular formula is C17H26N4O2. The molecule has 6 heteroatoms. The Bertz CT molecular complexity index is 543. The molecule has 1 aromatic rings. The van der Waals surface area contributed by atoms with Crippen LogP contribution in [0.3, 0.4) is 0 Å². The summed E-state index contributed by atoms with van der Waals surface area (Å²) < 4.78 is 5.42. The van der Waals surface area contributed by atoms with Gasteiger partial charge in [-0.05, 0) is 19.3 Å². The smallest absolute Gasteiger partial charge is 0.322 e. The van der Waals surface area contributed by atoms with Crippen molar-refractivity contribution in [2.75, 3.05) is 25.1 Å². The highest BCUT2D eigenvalue weighted by atomic mass is 16.5. The van der Waals surface area contributed by atoms with Gasteiger partial charge in [0, 0.05) is 30.5 Å². The minimum Gasteiger partial charge on any atom is -0.381 e. The maximum Gasteiger partial charge on any atom is 0.322 e. The van der Waals surface area contributed by atoms with Gasteiger partial charge in [-0.15, -0.1) is 0 Å². The topological polar surface area (TPSA) is 67.4 Å². The number of carbonyl (C=O) groups excluding carboxylic acids is 1. The first kappa shape index (κ1) is 16.2. The summed E-state index contributed by atoms with van der Waals surface area (Å²) in [4.78, 5) is 23.3. The minimum absolute atomic E-state index is 0.0495. The summed E-state index contributed by atoms with van der Waals surface area (Å²) in [5.41, 5.74) is 0.557. The summed E-state index contributed by atoms with van der Waals surface area (Å²) in [5.74, 6) is 1.23. The summed E-state index contributed by atoms with van der Waals surface area (Å²) >= 11 is 0. The number of nitrogens with one attached hydrogen (secondary N) is 1. The maximum atomic E-state index is 12.6. The van der Waals surface area contributed by atoms with Crippen molar-refractivity contribution in [3.63, 3.8) is 0 Å². The van der Waals surface area contributed by atoms with E-state index in [2.05, 4.69) is 36.1 Å². The van der Waals surface area contributed by atoms with Crippen LogP contribution in [0.4, 0.5) is 10.5 Å². The fourth-order valence-corrected chi connectivity index (χ4v) is 2.76. The molecule has 1 N–H and O–H groups in total. The number of amides is 2. The fraction of sp³-hybridized carbons (Fsp3) is 0.706. The lowest BCUT2D eigenvalue weighted by Crippen LogP contribution is -2.40. The van der Waals surface area contributed by atoms with Gasteiger partial charge in [0.15, 0.2) is 0 Å². The second kappa shape index (κ2) is 6.43. The molecule has 2 heterocycles. The van der Waals surface area contributed by atoms with Gasteiger partial charge >= 0.3 is 6.03 Å². The molecule has 2 fully saturated rings. The summed E-state index contributed by atoms with van der Waals surface area (Å²) in [6.45, 7) is 8.56. The summed E-state index contributed by atoms with van der Waals surface area (Å²) in [6, 6.07) is 0.330. The van der Waals surface area contributed by atoms with Crippen molar-refractivity contribution in [2.24, 2.45) is 5.92 Å². The lowest BCUT2D eigenvalue weighted by atomic mass is 9.96. The number of carbonyl (C=O) groups is 1. The maximum absolute atomic E-state index is 12.6.